The van der Waals surface area contributed by atoms with Crippen LogP contribution in [0.25, 0.3) is 11.0 Å². The van der Waals surface area contributed by atoms with Crippen molar-refractivity contribution in [2.75, 3.05) is 0 Å². The van der Waals surface area contributed by atoms with Crippen LogP contribution in [0.1, 0.15) is 19.4 Å². The third-order valence-electron chi connectivity index (χ3n) is 1.64. The Morgan fingerprint density at radius 1 is 1.14 bits per heavy atom. The Labute approximate surface area is 89.0 Å². The highest BCUT2D eigenvalue weighted by molar-refractivity contribution is 6.29. The molecule has 0 fully saturated rings. The molecule has 0 aliphatic carbocycles. The van der Waals surface area contributed by atoms with Gasteiger partial charge in [0.15, 0.2) is 0 Å². The smallest absolute Gasteiger partial charge is 0.129 e. The number of rotatable bonds is 0. The molecule has 2 heterocycles. The minimum Gasteiger partial charge on any atom is -0.254 e. The summed E-state index contributed by atoms with van der Waals surface area (Å²) in [4.78, 5) is 8.34. The van der Waals surface area contributed by atoms with Crippen LogP contribution in [-0.4, -0.2) is 9.97 Å². The second-order valence-corrected chi connectivity index (χ2v) is 3.07. The minimum atomic E-state index is 0.509. The van der Waals surface area contributed by atoms with E-state index in [2.05, 4.69) is 9.97 Å². The first-order valence-corrected chi connectivity index (χ1v) is 5.02. The lowest BCUT2D eigenvalue weighted by atomic mass is 10.2. The first kappa shape index (κ1) is 10.9. The third kappa shape index (κ3) is 2.42. The summed E-state index contributed by atoms with van der Waals surface area (Å²) in [6.45, 7) is 5.98. The summed E-state index contributed by atoms with van der Waals surface area (Å²) in [5.41, 5.74) is 2.82. The molecule has 0 aromatic carbocycles. The third-order valence-corrected chi connectivity index (χ3v) is 1.85. The summed E-state index contributed by atoms with van der Waals surface area (Å²) in [5.74, 6) is 0. The van der Waals surface area contributed by atoms with E-state index in [-0.39, 0.29) is 0 Å². The van der Waals surface area contributed by atoms with Gasteiger partial charge in [-0.3, -0.25) is 4.98 Å². The molecule has 0 N–H and O–H groups in total. The van der Waals surface area contributed by atoms with Gasteiger partial charge in [-0.2, -0.15) is 0 Å². The second-order valence-electron chi connectivity index (χ2n) is 2.68. The molecule has 0 saturated carbocycles. The van der Waals surface area contributed by atoms with E-state index >= 15 is 0 Å². The van der Waals surface area contributed by atoms with Crippen molar-refractivity contribution in [3.05, 3.63) is 35.1 Å². The van der Waals surface area contributed by atoms with Crippen molar-refractivity contribution < 1.29 is 0 Å². The van der Waals surface area contributed by atoms with Crippen LogP contribution in [0.2, 0.25) is 5.15 Å². The first-order chi connectivity index (χ1) is 6.75. The van der Waals surface area contributed by atoms with E-state index in [0.29, 0.717) is 5.15 Å². The number of fused-ring (bicyclic) bond motifs is 1. The zero-order valence-electron chi connectivity index (χ0n) is 8.58. The Balaban J connectivity index is 0.000000461. The highest BCUT2D eigenvalue weighted by Gasteiger charge is 1.96. The Morgan fingerprint density at radius 3 is 2.57 bits per heavy atom. The molecule has 2 aromatic heterocycles. The van der Waals surface area contributed by atoms with Crippen molar-refractivity contribution in [1.82, 2.24) is 9.97 Å². The summed E-state index contributed by atoms with van der Waals surface area (Å²) < 4.78 is 0. The molecule has 0 aliphatic rings. The number of aromatic nitrogens is 2. The number of nitrogens with zero attached hydrogens (tertiary/aromatic N) is 2. The topological polar surface area (TPSA) is 25.8 Å². The average molecular weight is 209 g/mol. The van der Waals surface area contributed by atoms with Crippen molar-refractivity contribution >= 4 is 22.6 Å². The van der Waals surface area contributed by atoms with Gasteiger partial charge in [-0.15, -0.1) is 0 Å². The zero-order valence-corrected chi connectivity index (χ0v) is 9.34. The van der Waals surface area contributed by atoms with Crippen LogP contribution >= 0.6 is 11.6 Å². The van der Waals surface area contributed by atoms with E-state index in [1.54, 1.807) is 6.07 Å². The van der Waals surface area contributed by atoms with Crippen LogP contribution in [0, 0.1) is 6.92 Å². The standard InChI is InChI=1S/C9H7ClN2.C2H6/c1-6-4-8-7(11-5-6)2-3-9(10)12-8;1-2/h2-5H,1H3;1-2H3. The van der Waals surface area contributed by atoms with Gasteiger partial charge in [0.2, 0.25) is 0 Å². The van der Waals surface area contributed by atoms with Crippen LogP contribution < -0.4 is 0 Å². The number of hydrogen-bond acceptors (Lipinski definition) is 2. The molecule has 0 amide bonds. The quantitative estimate of drug-likeness (QED) is 0.618. The van der Waals surface area contributed by atoms with Crippen molar-refractivity contribution in [1.29, 1.82) is 0 Å². The number of halogens is 1. The van der Waals surface area contributed by atoms with Gasteiger partial charge in [-0.05, 0) is 30.7 Å². The maximum Gasteiger partial charge on any atom is 0.129 e. The minimum absolute atomic E-state index is 0.509. The Morgan fingerprint density at radius 2 is 1.86 bits per heavy atom. The summed E-state index contributed by atoms with van der Waals surface area (Å²) in [5, 5.41) is 0.509. The Kier molecular flexibility index (Phi) is 3.84. The van der Waals surface area contributed by atoms with Gasteiger partial charge in [0.05, 0.1) is 11.0 Å². The number of pyridine rings is 2. The molecule has 0 bridgehead atoms. The molecule has 0 saturated heterocycles. The van der Waals surface area contributed by atoms with Crippen LogP contribution in [0.4, 0.5) is 0 Å². The van der Waals surface area contributed by atoms with E-state index in [1.165, 1.54) is 0 Å². The van der Waals surface area contributed by atoms with Gasteiger partial charge >= 0.3 is 0 Å². The molecule has 0 spiro atoms. The van der Waals surface area contributed by atoms with Gasteiger partial charge in [0.25, 0.3) is 0 Å². The molecular weight excluding hydrogens is 196 g/mol. The lowest BCUT2D eigenvalue weighted by Crippen LogP contribution is -1.84. The Bertz CT molecular complexity index is 390. The van der Waals surface area contributed by atoms with Gasteiger partial charge in [0.1, 0.15) is 5.15 Å². The van der Waals surface area contributed by atoms with Crippen LogP contribution in [0.15, 0.2) is 24.4 Å². The molecule has 0 atom stereocenters. The maximum absolute atomic E-state index is 5.73. The predicted octanol–water partition coefficient (Wildman–Crippen LogP) is 3.62. The number of aryl methyl sites for hydroxylation is 1. The molecule has 74 valence electrons. The fourth-order valence-corrected chi connectivity index (χ4v) is 1.24. The lowest BCUT2D eigenvalue weighted by Gasteiger charge is -1.97. The molecule has 0 aliphatic heterocycles. The Hall–Kier alpha value is -1.15. The molecule has 3 heteroatoms. The molecule has 2 rings (SSSR count). The van der Waals surface area contributed by atoms with E-state index in [0.717, 1.165) is 16.6 Å². The molecule has 0 unspecified atom stereocenters. The molecule has 2 aromatic rings. The van der Waals surface area contributed by atoms with Gasteiger partial charge in [-0.25, -0.2) is 4.98 Å². The molecule has 0 radical (unpaired) electrons. The molecular formula is C11H13ClN2. The summed E-state index contributed by atoms with van der Waals surface area (Å²) >= 11 is 5.73. The number of hydrogen-bond donors (Lipinski definition) is 0. The van der Waals surface area contributed by atoms with Crippen LogP contribution in [0.3, 0.4) is 0 Å². The van der Waals surface area contributed by atoms with E-state index in [4.69, 9.17) is 11.6 Å². The maximum atomic E-state index is 5.73. The average Bonchev–Trinajstić information content (AvgIpc) is 2.20. The fourth-order valence-electron chi connectivity index (χ4n) is 1.08. The van der Waals surface area contributed by atoms with Crippen molar-refractivity contribution in [3.8, 4) is 0 Å². The first-order valence-electron chi connectivity index (χ1n) is 4.64. The lowest BCUT2D eigenvalue weighted by molar-refractivity contribution is 1.29. The summed E-state index contributed by atoms with van der Waals surface area (Å²) in [7, 11) is 0. The van der Waals surface area contributed by atoms with Crippen LogP contribution in [-0.2, 0) is 0 Å². The van der Waals surface area contributed by atoms with E-state index in [1.807, 2.05) is 39.1 Å². The van der Waals surface area contributed by atoms with E-state index in [9.17, 15) is 0 Å². The zero-order chi connectivity index (χ0) is 10.6. The molecule has 14 heavy (non-hydrogen) atoms. The normalized spacial score (nSPS) is 9.43. The highest BCUT2D eigenvalue weighted by atomic mass is 35.5. The van der Waals surface area contributed by atoms with Gasteiger partial charge in [0, 0.05) is 6.20 Å². The van der Waals surface area contributed by atoms with Crippen molar-refractivity contribution in [2.24, 2.45) is 0 Å². The monoisotopic (exact) mass is 208 g/mol. The SMILES string of the molecule is CC.Cc1cnc2ccc(Cl)nc2c1. The van der Waals surface area contributed by atoms with Crippen molar-refractivity contribution in [3.63, 3.8) is 0 Å². The second kappa shape index (κ2) is 4.91. The largest absolute Gasteiger partial charge is 0.254 e. The molecule has 2 nitrogen and oxygen atoms in total. The van der Waals surface area contributed by atoms with Gasteiger partial charge in [-0.1, -0.05) is 25.4 Å². The summed E-state index contributed by atoms with van der Waals surface area (Å²) in [6.07, 6.45) is 1.82. The van der Waals surface area contributed by atoms with E-state index < -0.39 is 0 Å². The van der Waals surface area contributed by atoms with Crippen LogP contribution in [0.5, 0.6) is 0 Å². The highest BCUT2D eigenvalue weighted by Crippen LogP contribution is 2.13. The van der Waals surface area contributed by atoms with Gasteiger partial charge < -0.3 is 0 Å². The van der Waals surface area contributed by atoms with Crippen molar-refractivity contribution in [2.45, 2.75) is 20.8 Å². The predicted molar refractivity (Wildman–Crippen MR) is 60.6 cm³/mol. The summed E-state index contributed by atoms with van der Waals surface area (Å²) in [6, 6.07) is 5.57. The fraction of sp³-hybridized carbons (Fsp3) is 0.273.